The van der Waals surface area contributed by atoms with Crippen molar-refractivity contribution in [2.45, 2.75) is 12.5 Å². The molecule has 0 fully saturated rings. The lowest BCUT2D eigenvalue weighted by atomic mass is 10.1. The number of aromatic nitrogens is 1. The predicted octanol–water partition coefficient (Wildman–Crippen LogP) is 3.11. The van der Waals surface area contributed by atoms with Crippen molar-refractivity contribution in [1.82, 2.24) is 4.57 Å². The summed E-state index contributed by atoms with van der Waals surface area (Å²) in [6, 6.07) is 9.43. The minimum atomic E-state index is -1.05. The van der Waals surface area contributed by atoms with Gasteiger partial charge < -0.3 is 15.0 Å². The van der Waals surface area contributed by atoms with Crippen LogP contribution in [0.3, 0.4) is 0 Å². The van der Waals surface area contributed by atoms with Crippen molar-refractivity contribution in [3.63, 3.8) is 0 Å². The van der Waals surface area contributed by atoms with E-state index < -0.39 is 29.6 Å². The summed E-state index contributed by atoms with van der Waals surface area (Å²) in [6.07, 6.45) is 3.94. The third-order valence-corrected chi connectivity index (χ3v) is 4.28. The molecule has 0 saturated heterocycles. The molecule has 1 atom stereocenters. The van der Waals surface area contributed by atoms with Crippen LogP contribution in [0.25, 0.3) is 17.0 Å². The molecular formula is C21H18F2N2O3. The van der Waals surface area contributed by atoms with E-state index >= 15 is 0 Å². The molecule has 0 amide bonds. The van der Waals surface area contributed by atoms with Crippen LogP contribution >= 0.6 is 0 Å². The number of halogens is 2. The Morgan fingerprint density at radius 1 is 1.21 bits per heavy atom. The van der Waals surface area contributed by atoms with Crippen LogP contribution in [0.15, 0.2) is 54.7 Å². The standard InChI is InChI=1S/C21H18F2N2O3/c1-25-12-14(16-4-2-3-5-19(16)25)11-18(24)21(27)28-20(26)9-6-13-10-15(22)7-8-17(13)23/h2-10,12,18H,11,24H2,1H3/t18-/m0/s1. The number of carbonyl (C=O) groups excluding carboxylic acids is 2. The topological polar surface area (TPSA) is 74.3 Å². The first-order valence-corrected chi connectivity index (χ1v) is 8.52. The van der Waals surface area contributed by atoms with E-state index in [1.165, 1.54) is 0 Å². The molecule has 0 spiro atoms. The van der Waals surface area contributed by atoms with Gasteiger partial charge in [-0.05, 0) is 35.9 Å². The van der Waals surface area contributed by atoms with E-state index in [0.717, 1.165) is 46.8 Å². The number of para-hydroxylation sites is 1. The van der Waals surface area contributed by atoms with Gasteiger partial charge >= 0.3 is 11.9 Å². The van der Waals surface area contributed by atoms with Crippen LogP contribution in [-0.4, -0.2) is 22.5 Å². The number of aryl methyl sites for hydroxylation is 1. The molecule has 3 rings (SSSR count). The van der Waals surface area contributed by atoms with E-state index in [1.807, 2.05) is 42.1 Å². The SMILES string of the molecule is Cn1cc(C[C@H](N)C(=O)OC(=O)C=Cc2cc(F)ccc2F)c2ccccc21. The minimum absolute atomic E-state index is 0.135. The highest BCUT2D eigenvalue weighted by molar-refractivity contribution is 5.96. The first-order valence-electron chi connectivity index (χ1n) is 8.52. The summed E-state index contributed by atoms with van der Waals surface area (Å²) in [5.41, 5.74) is 7.59. The van der Waals surface area contributed by atoms with Crippen molar-refractivity contribution >= 4 is 28.9 Å². The second kappa shape index (κ2) is 8.14. The fourth-order valence-electron chi connectivity index (χ4n) is 2.92. The summed E-state index contributed by atoms with van der Waals surface area (Å²) in [4.78, 5) is 23.9. The van der Waals surface area contributed by atoms with E-state index in [1.54, 1.807) is 0 Å². The van der Waals surface area contributed by atoms with E-state index in [0.29, 0.717) is 0 Å². The van der Waals surface area contributed by atoms with Gasteiger partial charge in [0, 0.05) is 42.2 Å². The molecule has 28 heavy (non-hydrogen) atoms. The molecular weight excluding hydrogens is 366 g/mol. The number of carbonyl (C=O) groups is 2. The molecule has 5 nitrogen and oxygen atoms in total. The highest BCUT2D eigenvalue weighted by Gasteiger charge is 2.20. The van der Waals surface area contributed by atoms with Gasteiger partial charge in [0.2, 0.25) is 0 Å². The number of esters is 2. The van der Waals surface area contributed by atoms with Crippen LogP contribution in [0.2, 0.25) is 0 Å². The van der Waals surface area contributed by atoms with Gasteiger partial charge in [-0.3, -0.25) is 0 Å². The van der Waals surface area contributed by atoms with E-state index in [9.17, 15) is 18.4 Å². The molecule has 0 aliphatic heterocycles. The average Bonchev–Trinajstić information content (AvgIpc) is 2.98. The fraction of sp³-hybridized carbons (Fsp3) is 0.143. The molecule has 0 aliphatic rings. The summed E-state index contributed by atoms with van der Waals surface area (Å²) >= 11 is 0. The van der Waals surface area contributed by atoms with E-state index in [-0.39, 0.29) is 12.0 Å². The van der Waals surface area contributed by atoms with Gasteiger partial charge in [-0.1, -0.05) is 18.2 Å². The lowest BCUT2D eigenvalue weighted by molar-refractivity contribution is -0.157. The summed E-state index contributed by atoms with van der Waals surface area (Å²) in [5.74, 6) is -3.27. The lowest BCUT2D eigenvalue weighted by Gasteiger charge is -2.09. The average molecular weight is 384 g/mol. The number of ether oxygens (including phenoxy) is 1. The van der Waals surface area contributed by atoms with Crippen molar-refractivity contribution in [2.24, 2.45) is 12.8 Å². The molecule has 2 N–H and O–H groups in total. The zero-order valence-corrected chi connectivity index (χ0v) is 15.1. The van der Waals surface area contributed by atoms with Gasteiger partial charge in [-0.2, -0.15) is 0 Å². The van der Waals surface area contributed by atoms with Crippen molar-refractivity contribution in [3.8, 4) is 0 Å². The first kappa shape index (κ1) is 19.4. The van der Waals surface area contributed by atoms with Gasteiger partial charge in [-0.25, -0.2) is 18.4 Å². The van der Waals surface area contributed by atoms with Crippen molar-refractivity contribution in [2.75, 3.05) is 0 Å². The van der Waals surface area contributed by atoms with Crippen molar-refractivity contribution in [3.05, 3.63) is 77.5 Å². The zero-order valence-electron chi connectivity index (χ0n) is 15.1. The molecule has 1 heterocycles. The maximum absolute atomic E-state index is 13.5. The van der Waals surface area contributed by atoms with Crippen LogP contribution in [0.1, 0.15) is 11.1 Å². The number of nitrogens with two attached hydrogens (primary N) is 1. The quantitative estimate of drug-likeness (QED) is 0.417. The van der Waals surface area contributed by atoms with E-state index in [4.69, 9.17) is 5.73 Å². The Bertz CT molecular complexity index is 1070. The molecule has 0 radical (unpaired) electrons. The Morgan fingerprint density at radius 2 is 1.96 bits per heavy atom. The van der Waals surface area contributed by atoms with Crippen molar-refractivity contribution in [1.29, 1.82) is 0 Å². The van der Waals surface area contributed by atoms with Gasteiger partial charge in [0.05, 0.1) is 0 Å². The predicted molar refractivity (Wildman–Crippen MR) is 101 cm³/mol. The third-order valence-electron chi connectivity index (χ3n) is 4.28. The Kier molecular flexibility index (Phi) is 5.65. The molecule has 0 bridgehead atoms. The maximum Gasteiger partial charge on any atom is 0.338 e. The number of nitrogens with zero attached hydrogens (tertiary/aromatic N) is 1. The molecule has 0 saturated carbocycles. The summed E-state index contributed by atoms with van der Waals surface area (Å²) in [6.45, 7) is 0. The Morgan fingerprint density at radius 3 is 2.75 bits per heavy atom. The number of fused-ring (bicyclic) bond motifs is 1. The Balaban J connectivity index is 1.64. The van der Waals surface area contributed by atoms with Crippen LogP contribution in [0.4, 0.5) is 8.78 Å². The monoisotopic (exact) mass is 384 g/mol. The molecule has 3 aromatic rings. The fourth-order valence-corrected chi connectivity index (χ4v) is 2.92. The van der Waals surface area contributed by atoms with Crippen LogP contribution < -0.4 is 5.73 Å². The number of rotatable bonds is 5. The lowest BCUT2D eigenvalue weighted by Crippen LogP contribution is -2.35. The third kappa shape index (κ3) is 4.32. The molecule has 144 valence electrons. The Hall–Kier alpha value is -3.32. The van der Waals surface area contributed by atoms with Crippen LogP contribution in [0, 0.1) is 11.6 Å². The number of benzene rings is 2. The maximum atomic E-state index is 13.5. The normalized spacial score (nSPS) is 12.4. The van der Waals surface area contributed by atoms with Crippen LogP contribution in [-0.2, 0) is 27.8 Å². The summed E-state index contributed by atoms with van der Waals surface area (Å²) in [5, 5.41) is 0.959. The minimum Gasteiger partial charge on any atom is -0.389 e. The van der Waals surface area contributed by atoms with Gasteiger partial charge in [-0.15, -0.1) is 0 Å². The first-order chi connectivity index (χ1) is 13.3. The molecule has 0 unspecified atom stereocenters. The number of hydrogen-bond donors (Lipinski definition) is 1. The van der Waals surface area contributed by atoms with E-state index in [2.05, 4.69) is 4.74 Å². The smallest absolute Gasteiger partial charge is 0.338 e. The Labute approximate surface area is 160 Å². The highest BCUT2D eigenvalue weighted by atomic mass is 19.1. The second-order valence-corrected chi connectivity index (χ2v) is 6.33. The van der Waals surface area contributed by atoms with Gasteiger partial charge in [0.15, 0.2) is 0 Å². The molecule has 1 aromatic heterocycles. The van der Waals surface area contributed by atoms with Crippen LogP contribution in [0.5, 0.6) is 0 Å². The highest BCUT2D eigenvalue weighted by Crippen LogP contribution is 2.21. The van der Waals surface area contributed by atoms with Gasteiger partial charge in [0.1, 0.15) is 17.7 Å². The van der Waals surface area contributed by atoms with Gasteiger partial charge in [0.25, 0.3) is 0 Å². The number of hydrogen-bond acceptors (Lipinski definition) is 4. The molecule has 2 aromatic carbocycles. The molecule has 7 heteroatoms. The summed E-state index contributed by atoms with van der Waals surface area (Å²) < 4.78 is 33.2. The zero-order chi connectivity index (χ0) is 20.3. The molecule has 0 aliphatic carbocycles. The second-order valence-electron chi connectivity index (χ2n) is 6.33. The summed E-state index contributed by atoms with van der Waals surface area (Å²) in [7, 11) is 1.88. The largest absolute Gasteiger partial charge is 0.389 e. The van der Waals surface area contributed by atoms with Crippen molar-refractivity contribution < 1.29 is 23.1 Å².